The highest BCUT2D eigenvalue weighted by atomic mass is 35.5. The highest BCUT2D eigenvalue weighted by molar-refractivity contribution is 6.31. The third-order valence-electron chi connectivity index (χ3n) is 3.80. The Morgan fingerprint density at radius 3 is 2.90 bits per heavy atom. The number of hydrogen-bond acceptors (Lipinski definition) is 2. The molecule has 3 rings (SSSR count). The molecule has 0 spiro atoms. The van der Waals surface area contributed by atoms with Gasteiger partial charge in [-0.05, 0) is 48.7 Å². The molecule has 108 valence electrons. The zero-order chi connectivity index (χ0) is 14.8. The van der Waals surface area contributed by atoms with E-state index < -0.39 is 0 Å². The molecule has 0 aromatic heterocycles. The summed E-state index contributed by atoms with van der Waals surface area (Å²) in [6.45, 7) is 2.88. The number of hydrogen-bond donors (Lipinski definition) is 2. The van der Waals surface area contributed by atoms with E-state index in [2.05, 4.69) is 10.6 Å². The Kier molecular flexibility index (Phi) is 3.84. The molecule has 1 aliphatic rings. The van der Waals surface area contributed by atoms with Crippen molar-refractivity contribution in [1.82, 2.24) is 5.32 Å². The molecular weight excluding hydrogens is 284 g/mol. The summed E-state index contributed by atoms with van der Waals surface area (Å²) >= 11 is 6.17. The minimum atomic E-state index is -0.127. The van der Waals surface area contributed by atoms with E-state index in [1.54, 1.807) is 0 Å². The number of rotatable bonds is 3. The molecule has 1 aliphatic heterocycles. The standard InChI is InChI=1S/C17H17ClN2O/c1-11(14-4-2-3-5-15(14)18)20-17(21)13-6-7-16-12(10-13)8-9-19-16/h2-7,10-11,19H,8-9H2,1H3,(H,20,21). The molecule has 0 radical (unpaired) electrons. The lowest BCUT2D eigenvalue weighted by Gasteiger charge is -2.16. The van der Waals surface area contributed by atoms with Crippen LogP contribution in [0, 0.1) is 0 Å². The van der Waals surface area contributed by atoms with Crippen molar-refractivity contribution < 1.29 is 4.79 Å². The van der Waals surface area contributed by atoms with Gasteiger partial charge in [-0.1, -0.05) is 29.8 Å². The fourth-order valence-electron chi connectivity index (χ4n) is 2.63. The van der Waals surface area contributed by atoms with Crippen molar-refractivity contribution in [3.8, 4) is 0 Å². The van der Waals surface area contributed by atoms with Crippen molar-refractivity contribution >= 4 is 23.2 Å². The number of carbonyl (C=O) groups excluding carboxylic acids is 1. The van der Waals surface area contributed by atoms with E-state index in [9.17, 15) is 4.79 Å². The van der Waals surface area contributed by atoms with Crippen LogP contribution in [0.25, 0.3) is 0 Å². The molecule has 2 aromatic rings. The van der Waals surface area contributed by atoms with Crippen molar-refractivity contribution in [2.45, 2.75) is 19.4 Å². The Morgan fingerprint density at radius 2 is 2.10 bits per heavy atom. The first kappa shape index (κ1) is 14.0. The maximum Gasteiger partial charge on any atom is 0.251 e. The van der Waals surface area contributed by atoms with E-state index in [0.717, 1.165) is 24.2 Å². The first-order valence-corrected chi connectivity index (χ1v) is 7.45. The number of amides is 1. The van der Waals surface area contributed by atoms with Gasteiger partial charge in [-0.2, -0.15) is 0 Å². The predicted octanol–water partition coefficient (Wildman–Crippen LogP) is 3.80. The van der Waals surface area contributed by atoms with Crippen molar-refractivity contribution in [3.05, 3.63) is 64.2 Å². The van der Waals surface area contributed by atoms with Crippen LogP contribution in [0.1, 0.15) is 34.5 Å². The van der Waals surface area contributed by atoms with Crippen LogP contribution in [-0.2, 0) is 6.42 Å². The van der Waals surface area contributed by atoms with Crippen LogP contribution < -0.4 is 10.6 Å². The van der Waals surface area contributed by atoms with Gasteiger partial charge >= 0.3 is 0 Å². The second kappa shape index (κ2) is 5.78. The lowest BCUT2D eigenvalue weighted by Crippen LogP contribution is -2.26. The smallest absolute Gasteiger partial charge is 0.251 e. The Balaban J connectivity index is 1.76. The Labute approximate surface area is 129 Å². The van der Waals surface area contributed by atoms with Gasteiger partial charge < -0.3 is 10.6 Å². The molecule has 0 saturated heterocycles. The molecule has 1 unspecified atom stereocenters. The van der Waals surface area contributed by atoms with E-state index in [-0.39, 0.29) is 11.9 Å². The van der Waals surface area contributed by atoms with E-state index in [0.29, 0.717) is 10.6 Å². The van der Waals surface area contributed by atoms with Gasteiger partial charge in [0, 0.05) is 22.8 Å². The summed E-state index contributed by atoms with van der Waals surface area (Å²) in [4.78, 5) is 12.4. The van der Waals surface area contributed by atoms with Gasteiger partial charge in [0.25, 0.3) is 5.91 Å². The number of nitrogens with one attached hydrogen (secondary N) is 2. The zero-order valence-electron chi connectivity index (χ0n) is 11.8. The Morgan fingerprint density at radius 1 is 1.29 bits per heavy atom. The third-order valence-corrected chi connectivity index (χ3v) is 4.14. The van der Waals surface area contributed by atoms with Gasteiger partial charge in [-0.15, -0.1) is 0 Å². The number of anilines is 1. The van der Waals surface area contributed by atoms with E-state index in [1.807, 2.05) is 49.4 Å². The summed E-state index contributed by atoms with van der Waals surface area (Å²) in [7, 11) is 0. The highest BCUT2D eigenvalue weighted by Crippen LogP contribution is 2.25. The average Bonchev–Trinajstić information content (AvgIpc) is 2.94. The van der Waals surface area contributed by atoms with E-state index in [4.69, 9.17) is 11.6 Å². The SMILES string of the molecule is CC(NC(=O)c1ccc2c(c1)CCN2)c1ccccc1Cl. The molecule has 2 aromatic carbocycles. The van der Waals surface area contributed by atoms with Gasteiger partial charge in [-0.25, -0.2) is 0 Å². The molecule has 0 saturated carbocycles. The second-order valence-electron chi connectivity index (χ2n) is 5.27. The van der Waals surface area contributed by atoms with Crippen LogP contribution in [-0.4, -0.2) is 12.5 Å². The Hall–Kier alpha value is -2.00. The van der Waals surface area contributed by atoms with Crippen LogP contribution in [0.4, 0.5) is 5.69 Å². The second-order valence-corrected chi connectivity index (χ2v) is 5.67. The maximum absolute atomic E-state index is 12.4. The van der Waals surface area contributed by atoms with Gasteiger partial charge in [0.1, 0.15) is 0 Å². The van der Waals surface area contributed by atoms with Crippen LogP contribution in [0.15, 0.2) is 42.5 Å². The molecule has 2 N–H and O–H groups in total. The van der Waals surface area contributed by atoms with Gasteiger partial charge in [-0.3, -0.25) is 4.79 Å². The van der Waals surface area contributed by atoms with Crippen LogP contribution >= 0.6 is 11.6 Å². The molecule has 1 amide bonds. The molecular formula is C17H17ClN2O. The van der Waals surface area contributed by atoms with Gasteiger partial charge in [0.05, 0.1) is 6.04 Å². The number of benzene rings is 2. The summed E-state index contributed by atoms with van der Waals surface area (Å²) in [5, 5.41) is 6.96. The lowest BCUT2D eigenvalue weighted by molar-refractivity contribution is 0.0940. The molecule has 0 fully saturated rings. The predicted molar refractivity (Wildman–Crippen MR) is 86.0 cm³/mol. The monoisotopic (exact) mass is 300 g/mol. The van der Waals surface area contributed by atoms with Crippen molar-refractivity contribution in [2.24, 2.45) is 0 Å². The normalized spacial score (nSPS) is 14.2. The largest absolute Gasteiger partial charge is 0.384 e. The summed E-state index contributed by atoms with van der Waals surface area (Å²) in [5.41, 5.74) is 3.95. The number of carbonyl (C=O) groups is 1. The molecule has 21 heavy (non-hydrogen) atoms. The van der Waals surface area contributed by atoms with Crippen molar-refractivity contribution in [1.29, 1.82) is 0 Å². The molecule has 3 nitrogen and oxygen atoms in total. The maximum atomic E-state index is 12.4. The number of fused-ring (bicyclic) bond motifs is 1. The van der Waals surface area contributed by atoms with E-state index in [1.165, 1.54) is 5.56 Å². The highest BCUT2D eigenvalue weighted by Gasteiger charge is 2.16. The summed E-state index contributed by atoms with van der Waals surface area (Å²) in [5.74, 6) is -0.0721. The quantitative estimate of drug-likeness (QED) is 0.905. The molecule has 1 atom stereocenters. The topological polar surface area (TPSA) is 41.1 Å². The minimum Gasteiger partial charge on any atom is -0.384 e. The fourth-order valence-corrected chi connectivity index (χ4v) is 2.93. The Bertz CT molecular complexity index is 684. The van der Waals surface area contributed by atoms with Crippen LogP contribution in [0.2, 0.25) is 5.02 Å². The summed E-state index contributed by atoms with van der Waals surface area (Å²) < 4.78 is 0. The minimum absolute atomic E-state index is 0.0721. The first-order chi connectivity index (χ1) is 10.1. The van der Waals surface area contributed by atoms with Crippen LogP contribution in [0.3, 0.4) is 0 Å². The molecule has 0 bridgehead atoms. The lowest BCUT2D eigenvalue weighted by atomic mass is 10.1. The third kappa shape index (κ3) is 2.88. The number of halogens is 1. The van der Waals surface area contributed by atoms with Crippen molar-refractivity contribution in [3.63, 3.8) is 0 Å². The van der Waals surface area contributed by atoms with Crippen molar-refractivity contribution in [2.75, 3.05) is 11.9 Å². The summed E-state index contributed by atoms with van der Waals surface area (Å²) in [6, 6.07) is 13.2. The zero-order valence-corrected chi connectivity index (χ0v) is 12.6. The molecule has 0 aliphatic carbocycles. The van der Waals surface area contributed by atoms with Gasteiger partial charge in [0.2, 0.25) is 0 Å². The molecule has 1 heterocycles. The van der Waals surface area contributed by atoms with E-state index >= 15 is 0 Å². The summed E-state index contributed by atoms with van der Waals surface area (Å²) in [6.07, 6.45) is 0.969. The van der Waals surface area contributed by atoms with Crippen LogP contribution in [0.5, 0.6) is 0 Å². The van der Waals surface area contributed by atoms with Gasteiger partial charge in [0.15, 0.2) is 0 Å². The average molecular weight is 301 g/mol. The fraction of sp³-hybridized carbons (Fsp3) is 0.235. The first-order valence-electron chi connectivity index (χ1n) is 7.07. The molecule has 4 heteroatoms.